The smallest absolute Gasteiger partial charge is 0.299 e. The minimum Gasteiger partial charge on any atom is -0.299 e. The lowest BCUT2D eigenvalue weighted by Gasteiger charge is -2.14. The van der Waals surface area contributed by atoms with Crippen LogP contribution in [-0.4, -0.2) is 24.2 Å². The number of halogens is 6. The zero-order valence-corrected chi connectivity index (χ0v) is 18.7. The van der Waals surface area contributed by atoms with E-state index in [1.54, 1.807) is 12.1 Å². The molecule has 11 heteroatoms. The van der Waals surface area contributed by atoms with Crippen molar-refractivity contribution in [1.82, 2.24) is 9.55 Å². The maximum atomic E-state index is 13.6. The lowest BCUT2D eigenvalue weighted by molar-refractivity contribution is -0.140. The monoisotopic (exact) mass is 510 g/mol. The molecule has 3 aromatic carbocycles. The van der Waals surface area contributed by atoms with Crippen molar-refractivity contribution >= 4 is 9.84 Å². The van der Waals surface area contributed by atoms with Crippen LogP contribution in [0.5, 0.6) is 0 Å². The number of sulfone groups is 1. The standard InChI is InChI=1S/C24H16F6N2O2S/c1-35(33,34)18-6-4-5-16(13-18)15-9-11-17(12-10-15)32-14-21(24(28,29)30)31-22(32)19-7-2-3-8-20(19)23(25,26)27/h2-14H,1H3. The van der Waals surface area contributed by atoms with Crippen LogP contribution >= 0.6 is 0 Å². The van der Waals surface area contributed by atoms with E-state index in [1.807, 2.05) is 0 Å². The first-order chi connectivity index (χ1) is 16.2. The van der Waals surface area contributed by atoms with Gasteiger partial charge >= 0.3 is 12.4 Å². The highest BCUT2D eigenvalue weighted by molar-refractivity contribution is 7.90. The molecule has 0 unspecified atom stereocenters. The number of alkyl halides is 6. The molecule has 0 atom stereocenters. The number of hydrogen-bond donors (Lipinski definition) is 0. The second-order valence-electron chi connectivity index (χ2n) is 7.71. The van der Waals surface area contributed by atoms with Crippen LogP contribution in [0.25, 0.3) is 28.2 Å². The van der Waals surface area contributed by atoms with Gasteiger partial charge in [-0.1, -0.05) is 42.5 Å². The molecule has 0 saturated heterocycles. The van der Waals surface area contributed by atoms with Gasteiger partial charge < -0.3 is 0 Å². The van der Waals surface area contributed by atoms with Gasteiger partial charge in [-0.3, -0.25) is 4.57 Å². The van der Waals surface area contributed by atoms with E-state index in [4.69, 9.17) is 0 Å². The Hall–Kier alpha value is -3.60. The number of rotatable bonds is 4. The third kappa shape index (κ3) is 5.09. The molecule has 1 aromatic heterocycles. The minimum absolute atomic E-state index is 0.0922. The lowest BCUT2D eigenvalue weighted by Crippen LogP contribution is -2.09. The molecule has 0 aliphatic heterocycles. The highest BCUT2D eigenvalue weighted by atomic mass is 32.2. The molecule has 0 radical (unpaired) electrons. The number of imidazole rings is 1. The molecule has 1 heterocycles. The predicted molar refractivity (Wildman–Crippen MR) is 118 cm³/mol. The highest BCUT2D eigenvalue weighted by Gasteiger charge is 2.38. The van der Waals surface area contributed by atoms with Gasteiger partial charge in [-0.2, -0.15) is 26.3 Å². The maximum absolute atomic E-state index is 13.6. The summed E-state index contributed by atoms with van der Waals surface area (Å²) in [5, 5.41) is 0. The van der Waals surface area contributed by atoms with E-state index in [0.717, 1.165) is 29.0 Å². The molecular weight excluding hydrogens is 494 g/mol. The lowest BCUT2D eigenvalue weighted by atomic mass is 10.0. The third-order valence-electron chi connectivity index (χ3n) is 5.21. The highest BCUT2D eigenvalue weighted by Crippen LogP contribution is 2.39. The van der Waals surface area contributed by atoms with Crippen molar-refractivity contribution in [2.45, 2.75) is 17.2 Å². The Labute approximate surface area is 196 Å². The second-order valence-corrected chi connectivity index (χ2v) is 9.72. The molecule has 4 nitrogen and oxygen atoms in total. The van der Waals surface area contributed by atoms with Gasteiger partial charge in [-0.05, 0) is 41.5 Å². The van der Waals surface area contributed by atoms with Crippen molar-refractivity contribution in [3.05, 3.63) is 90.3 Å². The van der Waals surface area contributed by atoms with E-state index in [0.29, 0.717) is 17.3 Å². The molecule has 0 spiro atoms. The third-order valence-corrected chi connectivity index (χ3v) is 6.32. The summed E-state index contributed by atoms with van der Waals surface area (Å²) >= 11 is 0. The fraction of sp³-hybridized carbons (Fsp3) is 0.125. The Morgan fingerprint density at radius 2 is 1.43 bits per heavy atom. The largest absolute Gasteiger partial charge is 0.434 e. The van der Waals surface area contributed by atoms with Crippen LogP contribution < -0.4 is 0 Å². The predicted octanol–water partition coefficient (Wildman–Crippen LogP) is 6.65. The van der Waals surface area contributed by atoms with E-state index in [1.165, 1.54) is 42.5 Å². The van der Waals surface area contributed by atoms with Crippen molar-refractivity contribution in [2.24, 2.45) is 0 Å². The Balaban J connectivity index is 1.84. The summed E-state index contributed by atoms with van der Waals surface area (Å²) in [6, 6.07) is 16.3. The van der Waals surface area contributed by atoms with Crippen molar-refractivity contribution in [1.29, 1.82) is 0 Å². The summed E-state index contributed by atoms with van der Waals surface area (Å²) in [7, 11) is -3.46. The van der Waals surface area contributed by atoms with E-state index in [2.05, 4.69) is 4.98 Å². The summed E-state index contributed by atoms with van der Waals surface area (Å²) in [5.41, 5.74) is -1.70. The SMILES string of the molecule is CS(=O)(=O)c1cccc(-c2ccc(-n3cc(C(F)(F)F)nc3-c3ccccc3C(F)(F)F)cc2)c1. The molecule has 0 aliphatic carbocycles. The van der Waals surface area contributed by atoms with Gasteiger partial charge in [0.15, 0.2) is 15.5 Å². The number of hydrogen-bond acceptors (Lipinski definition) is 3. The number of benzene rings is 3. The van der Waals surface area contributed by atoms with Crippen molar-refractivity contribution in [2.75, 3.05) is 6.26 Å². The molecule has 0 aliphatic rings. The van der Waals surface area contributed by atoms with E-state index >= 15 is 0 Å². The quantitative estimate of drug-likeness (QED) is 0.289. The molecule has 0 amide bonds. The van der Waals surface area contributed by atoms with Crippen LogP contribution in [-0.2, 0) is 22.2 Å². The molecular formula is C24H16F6N2O2S. The molecule has 35 heavy (non-hydrogen) atoms. The second kappa shape index (κ2) is 8.56. The molecule has 4 aromatic rings. The normalized spacial score (nSPS) is 12.7. The molecule has 4 rings (SSSR count). The Morgan fingerprint density at radius 1 is 0.771 bits per heavy atom. The first-order valence-electron chi connectivity index (χ1n) is 9.99. The topological polar surface area (TPSA) is 52.0 Å². The molecule has 0 fully saturated rings. The van der Waals surface area contributed by atoms with Crippen molar-refractivity contribution in [3.8, 4) is 28.2 Å². The average molecular weight is 510 g/mol. The first kappa shape index (κ1) is 24.5. The Kier molecular flexibility index (Phi) is 6.00. The van der Waals surface area contributed by atoms with Gasteiger partial charge in [-0.25, -0.2) is 13.4 Å². The molecule has 0 bridgehead atoms. The summed E-state index contributed by atoms with van der Waals surface area (Å²) < 4.78 is 106. The van der Waals surface area contributed by atoms with Gasteiger partial charge in [0, 0.05) is 23.7 Å². The van der Waals surface area contributed by atoms with Gasteiger partial charge in [-0.15, -0.1) is 0 Å². The molecule has 0 saturated carbocycles. The summed E-state index contributed by atoms with van der Waals surface area (Å²) in [6.45, 7) is 0. The Morgan fingerprint density at radius 3 is 2.03 bits per heavy atom. The zero-order valence-electron chi connectivity index (χ0n) is 17.9. The van der Waals surface area contributed by atoms with Crippen LogP contribution in [0, 0.1) is 0 Å². The van der Waals surface area contributed by atoms with Gasteiger partial charge in [0.1, 0.15) is 5.82 Å². The number of aromatic nitrogens is 2. The van der Waals surface area contributed by atoms with Gasteiger partial charge in [0.25, 0.3) is 0 Å². The first-order valence-corrected chi connectivity index (χ1v) is 11.9. The summed E-state index contributed by atoms with van der Waals surface area (Å²) in [4.78, 5) is 3.58. The molecule has 0 N–H and O–H groups in total. The minimum atomic E-state index is -4.88. The summed E-state index contributed by atoms with van der Waals surface area (Å²) in [5.74, 6) is -0.517. The van der Waals surface area contributed by atoms with Crippen LogP contribution in [0.1, 0.15) is 11.3 Å². The van der Waals surface area contributed by atoms with Gasteiger partial charge in [0.2, 0.25) is 0 Å². The van der Waals surface area contributed by atoms with Crippen LogP contribution in [0.4, 0.5) is 26.3 Å². The number of nitrogens with zero attached hydrogens (tertiary/aromatic N) is 2. The van der Waals surface area contributed by atoms with Gasteiger partial charge in [0.05, 0.1) is 10.5 Å². The molecule has 182 valence electrons. The maximum Gasteiger partial charge on any atom is 0.434 e. The fourth-order valence-corrected chi connectivity index (χ4v) is 4.22. The average Bonchev–Trinajstić information content (AvgIpc) is 3.24. The summed E-state index contributed by atoms with van der Waals surface area (Å²) in [6.07, 6.45) is -7.98. The fourth-order valence-electron chi connectivity index (χ4n) is 3.55. The van der Waals surface area contributed by atoms with Crippen LogP contribution in [0.2, 0.25) is 0 Å². The van der Waals surface area contributed by atoms with E-state index in [9.17, 15) is 34.8 Å². The zero-order chi connectivity index (χ0) is 25.6. The van der Waals surface area contributed by atoms with Crippen molar-refractivity contribution < 1.29 is 34.8 Å². The van der Waals surface area contributed by atoms with E-state index < -0.39 is 44.8 Å². The Bertz CT molecular complexity index is 1490. The van der Waals surface area contributed by atoms with Crippen molar-refractivity contribution in [3.63, 3.8) is 0 Å². The van der Waals surface area contributed by atoms with E-state index in [-0.39, 0.29) is 10.6 Å². The van der Waals surface area contributed by atoms with Crippen LogP contribution in [0.15, 0.2) is 83.9 Å². The van der Waals surface area contributed by atoms with Crippen LogP contribution in [0.3, 0.4) is 0 Å².